The summed E-state index contributed by atoms with van der Waals surface area (Å²) >= 11 is -0.492. The molecule has 0 unspecified atom stereocenters. The molecule has 4 aromatic rings. The number of halogens is 1. The van der Waals surface area contributed by atoms with Gasteiger partial charge in [-0.1, -0.05) is 0 Å². The first-order valence-electron chi connectivity index (χ1n) is 10.6. The predicted octanol–water partition coefficient (Wildman–Crippen LogP) is 5.39. The maximum absolute atomic E-state index is 9.30. The quantitative estimate of drug-likeness (QED) is 0.232. The molecule has 0 fully saturated rings. The fraction of sp³-hybridized carbons (Fsp3) is 0.0833. The number of aliphatic hydroxyl groups excluding tert-OH is 1. The summed E-state index contributed by atoms with van der Waals surface area (Å²) in [6.45, 7) is 1.83. The molecule has 0 amide bonds. The largest absolute Gasteiger partial charge is 0.459 e. The standard InChI is InChI=1S/C24H18IN7O3/c1-14-8-16(3-6-20(14)35-23-10-22-30-31-25-32(22)13-28-23)29-24-18-9-15(2-5-19(18)26-12-27-24)21-7-4-17(11-33)34-21/h2-10,12-13,33H,11H2,1H3,(H,26,27,29). The first kappa shape index (κ1) is 21.6. The molecule has 0 aliphatic carbocycles. The Kier molecular flexibility index (Phi) is 5.54. The Hall–Kier alpha value is -3.97. The first-order valence-corrected chi connectivity index (χ1v) is 12.6. The van der Waals surface area contributed by atoms with Gasteiger partial charge in [0, 0.05) is 22.7 Å². The molecule has 0 spiro atoms. The summed E-state index contributed by atoms with van der Waals surface area (Å²) in [5.41, 5.74) is 3.47. The van der Waals surface area contributed by atoms with Crippen LogP contribution in [0.2, 0.25) is 0 Å². The van der Waals surface area contributed by atoms with Gasteiger partial charge in [-0.05, 0) is 61.0 Å². The van der Waals surface area contributed by atoms with Crippen molar-refractivity contribution in [2.45, 2.75) is 13.5 Å². The van der Waals surface area contributed by atoms with E-state index in [1.807, 2.05) is 52.5 Å². The molecular formula is C24H18IN7O3. The number of ether oxygens (including phenoxy) is 1. The van der Waals surface area contributed by atoms with Crippen LogP contribution in [-0.4, -0.2) is 30.4 Å². The van der Waals surface area contributed by atoms with E-state index in [2.05, 4.69) is 28.6 Å². The Morgan fingerprint density at radius 1 is 1.11 bits per heavy atom. The average Bonchev–Trinajstić information content (AvgIpc) is 3.55. The van der Waals surface area contributed by atoms with E-state index in [0.29, 0.717) is 29.0 Å². The van der Waals surface area contributed by atoms with Crippen LogP contribution in [0.5, 0.6) is 5.75 Å². The number of hydrogen-bond acceptors (Lipinski definition) is 10. The first-order chi connectivity index (χ1) is 17.2. The molecule has 0 saturated heterocycles. The number of fused-ring (bicyclic) bond motifs is 2. The SMILES string of the molecule is Cc1cc(Nc2ncnc3ccc(-c4ccc(CO)o4)cc23)ccc1OC1=CC2=NN=IN2C=N1. The number of nitrogens with zero attached hydrogens (tertiary/aromatic N) is 6. The summed E-state index contributed by atoms with van der Waals surface area (Å²) in [4.78, 5) is 13.2. The fourth-order valence-electron chi connectivity index (χ4n) is 3.67. The summed E-state index contributed by atoms with van der Waals surface area (Å²) in [5, 5.41) is 17.7. The molecule has 0 bridgehead atoms. The number of amidine groups is 1. The Morgan fingerprint density at radius 2 is 2.06 bits per heavy atom. The lowest BCUT2D eigenvalue weighted by Gasteiger charge is -2.16. The Morgan fingerprint density at radius 3 is 2.91 bits per heavy atom. The third-order valence-corrected chi connectivity index (χ3v) is 7.02. The molecule has 0 atom stereocenters. The third kappa shape index (κ3) is 4.31. The number of furan rings is 1. The molecule has 0 radical (unpaired) electrons. The van der Waals surface area contributed by atoms with Crippen LogP contribution in [0.15, 0.2) is 84.6 Å². The van der Waals surface area contributed by atoms with Crippen LogP contribution >= 0.6 is 21.3 Å². The van der Waals surface area contributed by atoms with E-state index in [0.717, 1.165) is 33.6 Å². The van der Waals surface area contributed by atoms with Crippen LogP contribution in [0, 0.1) is 6.92 Å². The van der Waals surface area contributed by atoms with Gasteiger partial charge in [0.2, 0.25) is 5.88 Å². The highest BCUT2D eigenvalue weighted by Crippen LogP contribution is 2.32. The van der Waals surface area contributed by atoms with Crippen molar-refractivity contribution in [3.63, 3.8) is 0 Å². The van der Waals surface area contributed by atoms with Gasteiger partial charge >= 0.3 is 0 Å². The molecule has 174 valence electrons. The molecule has 2 aliphatic rings. The van der Waals surface area contributed by atoms with E-state index in [-0.39, 0.29) is 6.61 Å². The van der Waals surface area contributed by atoms with Crippen molar-refractivity contribution in [1.29, 1.82) is 0 Å². The van der Waals surface area contributed by atoms with Crippen LogP contribution in [0.4, 0.5) is 11.5 Å². The number of nitrogens with one attached hydrogen (secondary N) is 1. The molecular weight excluding hydrogens is 561 g/mol. The van der Waals surface area contributed by atoms with Crippen LogP contribution in [0.1, 0.15) is 11.3 Å². The van der Waals surface area contributed by atoms with Crippen molar-refractivity contribution in [2.24, 2.45) is 13.3 Å². The number of aliphatic hydroxyl groups is 1. The van der Waals surface area contributed by atoms with E-state index >= 15 is 0 Å². The monoisotopic (exact) mass is 579 g/mol. The van der Waals surface area contributed by atoms with Crippen LogP contribution in [-0.2, 0) is 6.61 Å². The van der Waals surface area contributed by atoms with Crippen molar-refractivity contribution in [1.82, 2.24) is 13.1 Å². The Labute approximate surface area is 210 Å². The lowest BCUT2D eigenvalue weighted by atomic mass is 10.1. The Balaban J connectivity index is 1.25. The molecule has 11 heteroatoms. The van der Waals surface area contributed by atoms with E-state index in [1.54, 1.807) is 18.5 Å². The molecule has 4 heterocycles. The topological polar surface area (TPSA) is 121 Å². The lowest BCUT2D eigenvalue weighted by Crippen LogP contribution is -2.20. The van der Waals surface area contributed by atoms with Gasteiger partial charge in [-0.25, -0.2) is 18.1 Å². The van der Waals surface area contributed by atoms with Gasteiger partial charge in [-0.3, -0.25) is 0 Å². The number of rotatable bonds is 6. The smallest absolute Gasteiger partial charge is 0.224 e. The summed E-state index contributed by atoms with van der Waals surface area (Å²) in [5.74, 6) is 3.79. The fourth-order valence-corrected chi connectivity index (χ4v) is 4.89. The van der Waals surface area contributed by atoms with Gasteiger partial charge in [0.05, 0.1) is 5.52 Å². The number of aryl methyl sites for hydroxylation is 1. The molecule has 2 aliphatic heterocycles. The normalized spacial score (nSPS) is 14.4. The van der Waals surface area contributed by atoms with Crippen molar-refractivity contribution in [3.05, 3.63) is 78.1 Å². The number of benzene rings is 2. The van der Waals surface area contributed by atoms with E-state index in [9.17, 15) is 5.11 Å². The summed E-state index contributed by atoms with van der Waals surface area (Å²) in [6, 6.07) is 15.2. The van der Waals surface area contributed by atoms with Crippen molar-refractivity contribution in [3.8, 4) is 17.1 Å². The van der Waals surface area contributed by atoms with Crippen molar-refractivity contribution < 1.29 is 14.3 Å². The minimum absolute atomic E-state index is 0.142. The summed E-state index contributed by atoms with van der Waals surface area (Å²) in [7, 11) is 0. The number of hydrogen-bond donors (Lipinski definition) is 2. The summed E-state index contributed by atoms with van der Waals surface area (Å²) in [6.07, 6.45) is 5.03. The number of aromatic nitrogens is 2. The molecule has 2 aromatic heterocycles. The van der Waals surface area contributed by atoms with Gasteiger partial charge in [-0.2, -0.15) is 0 Å². The zero-order valence-electron chi connectivity index (χ0n) is 18.4. The van der Waals surface area contributed by atoms with Crippen molar-refractivity contribution in [2.75, 3.05) is 5.32 Å². The van der Waals surface area contributed by atoms with E-state index in [4.69, 9.17) is 9.15 Å². The molecule has 2 N–H and O–H groups in total. The van der Waals surface area contributed by atoms with Gasteiger partial charge in [0.25, 0.3) is 0 Å². The average molecular weight is 579 g/mol. The Bertz CT molecular complexity index is 1570. The van der Waals surface area contributed by atoms with E-state index < -0.39 is 21.3 Å². The second-order valence-electron chi connectivity index (χ2n) is 7.73. The molecule has 10 nitrogen and oxygen atoms in total. The van der Waals surface area contributed by atoms with E-state index in [1.165, 1.54) is 6.33 Å². The maximum Gasteiger partial charge on any atom is 0.224 e. The second kappa shape index (κ2) is 9.00. The van der Waals surface area contributed by atoms with Crippen molar-refractivity contribution >= 4 is 55.9 Å². The highest BCUT2D eigenvalue weighted by molar-refractivity contribution is 14.1. The minimum Gasteiger partial charge on any atom is -0.459 e. The number of aliphatic imine (C=N–C) groups is 1. The van der Waals surface area contributed by atoms with Gasteiger partial charge < -0.3 is 19.6 Å². The van der Waals surface area contributed by atoms with Crippen LogP contribution in [0.25, 0.3) is 22.2 Å². The lowest BCUT2D eigenvalue weighted by molar-refractivity contribution is 0.248. The van der Waals surface area contributed by atoms with Gasteiger partial charge in [-0.15, -0.1) is 8.36 Å². The second-order valence-corrected chi connectivity index (χ2v) is 9.64. The highest BCUT2D eigenvalue weighted by Gasteiger charge is 2.18. The van der Waals surface area contributed by atoms with Crippen LogP contribution < -0.4 is 10.1 Å². The number of anilines is 2. The molecule has 0 saturated carbocycles. The molecule has 35 heavy (non-hydrogen) atoms. The predicted molar refractivity (Wildman–Crippen MR) is 141 cm³/mol. The van der Waals surface area contributed by atoms with Gasteiger partial charge in [0.1, 0.15) is 42.4 Å². The van der Waals surface area contributed by atoms with Crippen LogP contribution in [0.3, 0.4) is 0 Å². The molecule has 2 aromatic carbocycles. The zero-order chi connectivity index (χ0) is 23.8. The zero-order valence-corrected chi connectivity index (χ0v) is 20.5. The third-order valence-electron chi connectivity index (χ3n) is 5.40. The molecule has 6 rings (SSSR count). The van der Waals surface area contributed by atoms with Gasteiger partial charge in [0.15, 0.2) is 27.1 Å². The summed E-state index contributed by atoms with van der Waals surface area (Å²) < 4.78 is 17.7. The minimum atomic E-state index is -0.492. The maximum atomic E-state index is 9.30. The highest BCUT2D eigenvalue weighted by atomic mass is 127.